The fourth-order valence-corrected chi connectivity index (χ4v) is 2.29. The molecule has 1 heterocycles. The van der Waals surface area contributed by atoms with Crippen LogP contribution in [0.25, 0.3) is 0 Å². The molecule has 4 heteroatoms. The Morgan fingerprint density at radius 1 is 1.50 bits per heavy atom. The van der Waals surface area contributed by atoms with Crippen LogP contribution in [0.15, 0.2) is 4.99 Å². The van der Waals surface area contributed by atoms with Crippen LogP contribution in [0.1, 0.15) is 39.0 Å². The standard InChI is InChI=1S/C10H16N2O2/c1-7-3-2-5-10(6-4-7)8(11)12-9(13)14-10/h7H,2-6H2,1H3,(H2,11,12,13). The Morgan fingerprint density at radius 2 is 2.29 bits per heavy atom. The molecule has 0 bridgehead atoms. The number of carbonyl (C=O) groups excluding carboxylic acids is 1. The minimum absolute atomic E-state index is 0.386. The largest absolute Gasteiger partial charge is 0.436 e. The SMILES string of the molecule is CC1CCCC2(CC1)OC(=O)N=C2N. The molecule has 1 fully saturated rings. The number of amides is 1. The third-order valence-electron chi connectivity index (χ3n) is 3.28. The average Bonchev–Trinajstić information content (AvgIpc) is 2.31. The first kappa shape index (κ1) is 9.49. The highest BCUT2D eigenvalue weighted by Gasteiger charge is 2.44. The molecule has 0 aromatic rings. The number of hydrogen-bond donors (Lipinski definition) is 1. The highest BCUT2D eigenvalue weighted by molar-refractivity contribution is 6.01. The molecule has 78 valence electrons. The molecule has 0 radical (unpaired) electrons. The zero-order chi connectivity index (χ0) is 10.2. The highest BCUT2D eigenvalue weighted by Crippen LogP contribution is 2.35. The van der Waals surface area contributed by atoms with Gasteiger partial charge in [-0.15, -0.1) is 0 Å². The third kappa shape index (κ3) is 1.49. The van der Waals surface area contributed by atoms with Gasteiger partial charge in [-0.05, 0) is 31.6 Å². The molecule has 1 spiro atoms. The quantitative estimate of drug-likeness (QED) is 0.642. The number of aliphatic imine (C=N–C) groups is 1. The molecule has 2 unspecified atom stereocenters. The predicted molar refractivity (Wildman–Crippen MR) is 53.1 cm³/mol. The minimum Gasteiger partial charge on any atom is -0.433 e. The van der Waals surface area contributed by atoms with Gasteiger partial charge in [0.1, 0.15) is 0 Å². The number of hydrogen-bond acceptors (Lipinski definition) is 3. The maximum absolute atomic E-state index is 11.0. The van der Waals surface area contributed by atoms with Crippen molar-refractivity contribution in [3.05, 3.63) is 0 Å². The van der Waals surface area contributed by atoms with Gasteiger partial charge in [-0.3, -0.25) is 0 Å². The second-order valence-corrected chi connectivity index (χ2v) is 4.40. The molecule has 2 atom stereocenters. The maximum atomic E-state index is 11.0. The second kappa shape index (κ2) is 3.26. The zero-order valence-electron chi connectivity index (χ0n) is 8.45. The molecular formula is C10H16N2O2. The highest BCUT2D eigenvalue weighted by atomic mass is 16.6. The summed E-state index contributed by atoms with van der Waals surface area (Å²) in [6.45, 7) is 2.23. The van der Waals surface area contributed by atoms with Crippen LogP contribution in [0.3, 0.4) is 0 Å². The van der Waals surface area contributed by atoms with Crippen LogP contribution in [-0.4, -0.2) is 17.5 Å². The van der Waals surface area contributed by atoms with Gasteiger partial charge < -0.3 is 10.5 Å². The minimum atomic E-state index is -0.554. The third-order valence-corrected chi connectivity index (χ3v) is 3.28. The predicted octanol–water partition coefficient (Wildman–Crippen LogP) is 1.83. The number of nitrogens with two attached hydrogens (primary N) is 1. The van der Waals surface area contributed by atoms with Gasteiger partial charge in [0, 0.05) is 0 Å². The van der Waals surface area contributed by atoms with E-state index in [0.29, 0.717) is 11.8 Å². The summed E-state index contributed by atoms with van der Waals surface area (Å²) in [5, 5.41) is 0. The lowest BCUT2D eigenvalue weighted by molar-refractivity contribution is 0.0692. The normalized spacial score (nSPS) is 37.9. The number of ether oxygens (including phenoxy) is 1. The Balaban J connectivity index is 2.16. The summed E-state index contributed by atoms with van der Waals surface area (Å²) < 4.78 is 5.26. The summed E-state index contributed by atoms with van der Waals surface area (Å²) in [5.74, 6) is 1.08. The Kier molecular flexibility index (Phi) is 2.21. The summed E-state index contributed by atoms with van der Waals surface area (Å²) in [7, 11) is 0. The lowest BCUT2D eigenvalue weighted by Gasteiger charge is -2.25. The van der Waals surface area contributed by atoms with E-state index in [1.165, 1.54) is 6.42 Å². The van der Waals surface area contributed by atoms with Crippen molar-refractivity contribution >= 4 is 11.9 Å². The average molecular weight is 196 g/mol. The van der Waals surface area contributed by atoms with Crippen molar-refractivity contribution in [3.63, 3.8) is 0 Å². The summed E-state index contributed by atoms with van der Waals surface area (Å²) >= 11 is 0. The number of amidine groups is 1. The van der Waals surface area contributed by atoms with Crippen LogP contribution in [0.4, 0.5) is 4.79 Å². The maximum Gasteiger partial charge on any atom is 0.436 e. The van der Waals surface area contributed by atoms with Crippen molar-refractivity contribution in [2.24, 2.45) is 16.6 Å². The molecular weight excluding hydrogens is 180 g/mol. The lowest BCUT2D eigenvalue weighted by Crippen LogP contribution is -2.42. The first-order valence-electron chi connectivity index (χ1n) is 5.20. The van der Waals surface area contributed by atoms with E-state index >= 15 is 0 Å². The van der Waals surface area contributed by atoms with E-state index in [-0.39, 0.29) is 0 Å². The Morgan fingerprint density at radius 3 is 2.93 bits per heavy atom. The van der Waals surface area contributed by atoms with E-state index in [4.69, 9.17) is 10.5 Å². The van der Waals surface area contributed by atoms with Crippen molar-refractivity contribution in [2.45, 2.75) is 44.6 Å². The van der Waals surface area contributed by atoms with Gasteiger partial charge in [-0.1, -0.05) is 13.3 Å². The topological polar surface area (TPSA) is 64.7 Å². The van der Waals surface area contributed by atoms with Gasteiger partial charge >= 0.3 is 6.09 Å². The van der Waals surface area contributed by atoms with E-state index in [9.17, 15) is 4.79 Å². The summed E-state index contributed by atoms with van der Waals surface area (Å²) in [5.41, 5.74) is 5.20. The van der Waals surface area contributed by atoms with Gasteiger partial charge in [0.25, 0.3) is 0 Å². The molecule has 1 aliphatic heterocycles. The van der Waals surface area contributed by atoms with Gasteiger partial charge in [0.15, 0.2) is 11.4 Å². The van der Waals surface area contributed by atoms with Gasteiger partial charge in [0.05, 0.1) is 0 Å². The molecule has 2 rings (SSSR count). The van der Waals surface area contributed by atoms with Crippen LogP contribution >= 0.6 is 0 Å². The molecule has 0 aromatic heterocycles. The van der Waals surface area contributed by atoms with Crippen molar-refractivity contribution in [3.8, 4) is 0 Å². The van der Waals surface area contributed by atoms with Crippen molar-refractivity contribution in [1.82, 2.24) is 0 Å². The van der Waals surface area contributed by atoms with Gasteiger partial charge in [-0.2, -0.15) is 4.99 Å². The second-order valence-electron chi connectivity index (χ2n) is 4.40. The first-order valence-corrected chi connectivity index (χ1v) is 5.20. The Hall–Kier alpha value is -1.06. The molecule has 14 heavy (non-hydrogen) atoms. The fourth-order valence-electron chi connectivity index (χ4n) is 2.29. The molecule has 0 saturated heterocycles. The molecule has 1 amide bonds. The van der Waals surface area contributed by atoms with E-state index in [1.807, 2.05) is 0 Å². The fraction of sp³-hybridized carbons (Fsp3) is 0.800. The van der Waals surface area contributed by atoms with Crippen molar-refractivity contribution < 1.29 is 9.53 Å². The molecule has 0 aromatic carbocycles. The summed E-state index contributed by atoms with van der Waals surface area (Å²) in [6.07, 6.45) is 4.45. The van der Waals surface area contributed by atoms with E-state index in [0.717, 1.165) is 25.7 Å². The van der Waals surface area contributed by atoms with Crippen LogP contribution < -0.4 is 5.73 Å². The van der Waals surface area contributed by atoms with Gasteiger partial charge in [0.2, 0.25) is 0 Å². The summed E-state index contributed by atoms with van der Waals surface area (Å²) in [4.78, 5) is 14.7. The van der Waals surface area contributed by atoms with Crippen LogP contribution in [0, 0.1) is 5.92 Å². The molecule has 4 nitrogen and oxygen atoms in total. The van der Waals surface area contributed by atoms with Crippen LogP contribution in [0.2, 0.25) is 0 Å². The Labute approximate surface area is 83.5 Å². The van der Waals surface area contributed by atoms with E-state index in [2.05, 4.69) is 11.9 Å². The number of rotatable bonds is 0. The van der Waals surface area contributed by atoms with E-state index in [1.54, 1.807) is 0 Å². The molecule has 2 aliphatic rings. The van der Waals surface area contributed by atoms with Crippen LogP contribution in [0.5, 0.6) is 0 Å². The van der Waals surface area contributed by atoms with Gasteiger partial charge in [-0.25, -0.2) is 4.79 Å². The van der Waals surface area contributed by atoms with Crippen LogP contribution in [-0.2, 0) is 4.74 Å². The lowest BCUT2D eigenvalue weighted by atomic mass is 9.93. The molecule has 1 saturated carbocycles. The Bertz CT molecular complexity index is 288. The number of carbonyl (C=O) groups is 1. The number of nitrogens with zero attached hydrogens (tertiary/aromatic N) is 1. The first-order chi connectivity index (χ1) is 6.62. The molecule has 1 aliphatic carbocycles. The van der Waals surface area contributed by atoms with Crippen molar-refractivity contribution in [2.75, 3.05) is 0 Å². The van der Waals surface area contributed by atoms with Crippen molar-refractivity contribution in [1.29, 1.82) is 0 Å². The van der Waals surface area contributed by atoms with E-state index < -0.39 is 11.7 Å². The zero-order valence-corrected chi connectivity index (χ0v) is 8.45. The smallest absolute Gasteiger partial charge is 0.433 e. The summed E-state index contributed by atoms with van der Waals surface area (Å²) in [6, 6.07) is 0. The molecule has 2 N–H and O–H groups in total. The monoisotopic (exact) mass is 196 g/mol.